The first-order chi connectivity index (χ1) is 7.90. The molecule has 0 spiro atoms. The zero-order chi connectivity index (χ0) is 11.2. The molecule has 1 N–H and O–H groups in total. The Hall–Kier alpha value is -1.16. The summed E-state index contributed by atoms with van der Waals surface area (Å²) in [5.74, 6) is 1.04. The Morgan fingerprint density at radius 3 is 2.62 bits per heavy atom. The highest BCUT2D eigenvalue weighted by Crippen LogP contribution is 2.16. The average molecular weight is 220 g/mol. The molecule has 4 heteroatoms. The minimum absolute atomic E-state index is 0.786. The third-order valence-corrected chi connectivity index (χ3v) is 2.96. The van der Waals surface area contributed by atoms with Crippen molar-refractivity contribution in [3.8, 4) is 0 Å². The van der Waals surface area contributed by atoms with Crippen LogP contribution < -0.4 is 10.2 Å². The highest BCUT2D eigenvalue weighted by molar-refractivity contribution is 5.36. The van der Waals surface area contributed by atoms with E-state index in [1.165, 1.54) is 25.7 Å². The van der Waals surface area contributed by atoms with E-state index in [0.29, 0.717) is 0 Å². The molecule has 88 valence electrons. The Bertz CT molecular complexity index is 319. The van der Waals surface area contributed by atoms with Crippen molar-refractivity contribution in [3.05, 3.63) is 18.1 Å². The van der Waals surface area contributed by atoms with Gasteiger partial charge in [-0.05, 0) is 19.9 Å². The predicted octanol–water partition coefficient (Wildman–Crippen LogP) is 1.58. The first-order valence-electron chi connectivity index (χ1n) is 6.10. The van der Waals surface area contributed by atoms with Gasteiger partial charge in [0.15, 0.2) is 0 Å². The van der Waals surface area contributed by atoms with Crippen LogP contribution in [-0.2, 0) is 6.54 Å². The standard InChI is InChI=1S/C12H20N4/c1-13-8-11-9-14-10-12(15-11)16-6-4-2-3-5-7-16/h9-10,13H,2-8H2,1H3. The number of nitrogens with one attached hydrogen (secondary N) is 1. The van der Waals surface area contributed by atoms with E-state index in [-0.39, 0.29) is 0 Å². The van der Waals surface area contributed by atoms with Crippen LogP contribution in [0.15, 0.2) is 12.4 Å². The molecule has 2 heterocycles. The molecule has 1 aromatic heterocycles. The number of hydrogen-bond donors (Lipinski definition) is 1. The first-order valence-corrected chi connectivity index (χ1v) is 6.10. The molecule has 1 aromatic rings. The van der Waals surface area contributed by atoms with Gasteiger partial charge in [0.25, 0.3) is 0 Å². The third-order valence-electron chi connectivity index (χ3n) is 2.96. The number of anilines is 1. The van der Waals surface area contributed by atoms with Gasteiger partial charge in [-0.3, -0.25) is 4.98 Å². The maximum absolute atomic E-state index is 4.63. The van der Waals surface area contributed by atoms with Gasteiger partial charge in [0, 0.05) is 25.8 Å². The zero-order valence-electron chi connectivity index (χ0n) is 9.95. The van der Waals surface area contributed by atoms with Gasteiger partial charge in [0.1, 0.15) is 5.82 Å². The van der Waals surface area contributed by atoms with Gasteiger partial charge in [-0.25, -0.2) is 4.98 Å². The van der Waals surface area contributed by atoms with Crippen LogP contribution in [0.3, 0.4) is 0 Å². The largest absolute Gasteiger partial charge is 0.355 e. The molecule has 0 aliphatic carbocycles. The molecule has 1 fully saturated rings. The van der Waals surface area contributed by atoms with Crippen molar-refractivity contribution in [1.29, 1.82) is 0 Å². The van der Waals surface area contributed by atoms with Crippen LogP contribution in [0, 0.1) is 0 Å². The molecule has 0 amide bonds. The highest BCUT2D eigenvalue weighted by atomic mass is 15.2. The van der Waals surface area contributed by atoms with Crippen LogP contribution in [-0.4, -0.2) is 30.1 Å². The lowest BCUT2D eigenvalue weighted by molar-refractivity contribution is 0.726. The fraction of sp³-hybridized carbons (Fsp3) is 0.667. The van der Waals surface area contributed by atoms with Crippen LogP contribution in [0.5, 0.6) is 0 Å². The molecule has 2 rings (SSSR count). The smallest absolute Gasteiger partial charge is 0.147 e. The Labute approximate surface area is 97.1 Å². The Morgan fingerprint density at radius 1 is 1.19 bits per heavy atom. The van der Waals surface area contributed by atoms with Gasteiger partial charge in [-0.2, -0.15) is 0 Å². The molecule has 0 aromatic carbocycles. The van der Waals surface area contributed by atoms with Crippen molar-refractivity contribution in [2.24, 2.45) is 0 Å². The molecular weight excluding hydrogens is 200 g/mol. The molecule has 1 aliphatic rings. The molecule has 0 bridgehead atoms. The summed E-state index contributed by atoms with van der Waals surface area (Å²) in [6, 6.07) is 0. The van der Waals surface area contributed by atoms with Crippen LogP contribution >= 0.6 is 0 Å². The molecule has 16 heavy (non-hydrogen) atoms. The maximum Gasteiger partial charge on any atom is 0.147 e. The van der Waals surface area contributed by atoms with E-state index in [1.54, 1.807) is 0 Å². The SMILES string of the molecule is CNCc1cncc(N2CCCCCC2)n1. The second-order valence-electron chi connectivity index (χ2n) is 4.30. The van der Waals surface area contributed by atoms with Gasteiger partial charge in [-0.1, -0.05) is 12.8 Å². The van der Waals surface area contributed by atoms with Gasteiger partial charge in [0.05, 0.1) is 11.9 Å². The van der Waals surface area contributed by atoms with E-state index in [1.807, 2.05) is 19.4 Å². The predicted molar refractivity (Wildman–Crippen MR) is 65.5 cm³/mol. The minimum atomic E-state index is 0.786. The van der Waals surface area contributed by atoms with Gasteiger partial charge < -0.3 is 10.2 Å². The molecular formula is C12H20N4. The third kappa shape index (κ3) is 2.92. The van der Waals surface area contributed by atoms with Crippen LogP contribution in [0.4, 0.5) is 5.82 Å². The second-order valence-corrected chi connectivity index (χ2v) is 4.30. The molecule has 1 saturated heterocycles. The van der Waals surface area contributed by atoms with Crippen molar-refractivity contribution in [2.75, 3.05) is 25.0 Å². The Morgan fingerprint density at radius 2 is 1.94 bits per heavy atom. The summed E-state index contributed by atoms with van der Waals surface area (Å²) < 4.78 is 0. The van der Waals surface area contributed by atoms with E-state index in [9.17, 15) is 0 Å². The van der Waals surface area contributed by atoms with Gasteiger partial charge >= 0.3 is 0 Å². The number of rotatable bonds is 3. The monoisotopic (exact) mass is 220 g/mol. The summed E-state index contributed by atoms with van der Waals surface area (Å²) in [6.07, 6.45) is 8.96. The summed E-state index contributed by atoms with van der Waals surface area (Å²) in [6.45, 7) is 3.03. The lowest BCUT2D eigenvalue weighted by atomic mass is 10.2. The maximum atomic E-state index is 4.63. The average Bonchev–Trinajstić information content (AvgIpc) is 2.58. The lowest BCUT2D eigenvalue weighted by Crippen LogP contribution is -2.25. The summed E-state index contributed by atoms with van der Waals surface area (Å²) >= 11 is 0. The number of hydrogen-bond acceptors (Lipinski definition) is 4. The summed E-state index contributed by atoms with van der Waals surface area (Å²) in [4.78, 5) is 11.3. The summed E-state index contributed by atoms with van der Waals surface area (Å²) in [7, 11) is 1.93. The van der Waals surface area contributed by atoms with Crippen molar-refractivity contribution < 1.29 is 0 Å². The van der Waals surface area contributed by atoms with Crippen LogP contribution in [0.1, 0.15) is 31.4 Å². The van der Waals surface area contributed by atoms with Crippen molar-refractivity contribution in [2.45, 2.75) is 32.2 Å². The quantitative estimate of drug-likeness (QED) is 0.839. The normalized spacial score (nSPS) is 17.2. The van der Waals surface area contributed by atoms with Crippen molar-refractivity contribution in [3.63, 3.8) is 0 Å². The first kappa shape index (κ1) is 11.3. The number of aromatic nitrogens is 2. The summed E-state index contributed by atoms with van der Waals surface area (Å²) in [5.41, 5.74) is 1.02. The van der Waals surface area contributed by atoms with E-state index >= 15 is 0 Å². The van der Waals surface area contributed by atoms with Gasteiger partial charge in [0.2, 0.25) is 0 Å². The molecule has 0 unspecified atom stereocenters. The van der Waals surface area contributed by atoms with Crippen molar-refractivity contribution in [1.82, 2.24) is 15.3 Å². The van der Waals surface area contributed by atoms with Gasteiger partial charge in [-0.15, -0.1) is 0 Å². The topological polar surface area (TPSA) is 41.1 Å². The Balaban J connectivity index is 2.08. The molecule has 0 atom stereocenters. The van der Waals surface area contributed by atoms with E-state index < -0.39 is 0 Å². The van der Waals surface area contributed by atoms with Crippen LogP contribution in [0.2, 0.25) is 0 Å². The fourth-order valence-corrected chi connectivity index (χ4v) is 2.11. The second kappa shape index (κ2) is 5.80. The molecule has 4 nitrogen and oxygen atoms in total. The molecule has 0 radical (unpaired) electrons. The van der Waals surface area contributed by atoms with E-state index in [4.69, 9.17) is 0 Å². The lowest BCUT2D eigenvalue weighted by Gasteiger charge is -2.21. The zero-order valence-corrected chi connectivity index (χ0v) is 9.95. The van der Waals surface area contributed by atoms with E-state index in [2.05, 4.69) is 20.2 Å². The number of nitrogens with zero attached hydrogens (tertiary/aromatic N) is 3. The van der Waals surface area contributed by atoms with Crippen molar-refractivity contribution >= 4 is 5.82 Å². The Kier molecular flexibility index (Phi) is 4.10. The van der Waals surface area contributed by atoms with E-state index in [0.717, 1.165) is 31.1 Å². The highest BCUT2D eigenvalue weighted by Gasteiger charge is 2.11. The van der Waals surface area contributed by atoms with Crippen LogP contribution in [0.25, 0.3) is 0 Å². The summed E-state index contributed by atoms with van der Waals surface area (Å²) in [5, 5.41) is 3.11. The molecule has 0 saturated carbocycles. The fourth-order valence-electron chi connectivity index (χ4n) is 2.11. The minimum Gasteiger partial charge on any atom is -0.355 e. The molecule has 1 aliphatic heterocycles.